The van der Waals surface area contributed by atoms with Gasteiger partial charge in [-0.2, -0.15) is 0 Å². The van der Waals surface area contributed by atoms with E-state index in [4.69, 9.17) is 16.3 Å². The zero-order valence-corrected chi connectivity index (χ0v) is 12.2. The van der Waals surface area contributed by atoms with Crippen LogP contribution in [0.3, 0.4) is 0 Å². The summed E-state index contributed by atoms with van der Waals surface area (Å²) in [5.74, 6) is 1.49. The van der Waals surface area contributed by atoms with Crippen molar-refractivity contribution < 1.29 is 4.74 Å². The zero-order valence-electron chi connectivity index (χ0n) is 9.89. The molecule has 4 nitrogen and oxygen atoms in total. The Morgan fingerprint density at radius 3 is 2.83 bits per heavy atom. The molecule has 1 aromatic heterocycles. The highest BCUT2D eigenvalue weighted by Crippen LogP contribution is 2.33. The Kier molecular flexibility index (Phi) is 4.04. The molecule has 1 heterocycles. The van der Waals surface area contributed by atoms with Gasteiger partial charge in [-0.25, -0.2) is 9.97 Å². The Morgan fingerprint density at radius 1 is 1.33 bits per heavy atom. The minimum atomic E-state index is 0.384. The predicted octanol–water partition coefficient (Wildman–Crippen LogP) is 3.67. The van der Waals surface area contributed by atoms with Gasteiger partial charge >= 0.3 is 0 Å². The van der Waals surface area contributed by atoms with E-state index in [2.05, 4.69) is 25.9 Å². The second kappa shape index (κ2) is 5.54. The van der Waals surface area contributed by atoms with Crippen molar-refractivity contribution in [1.29, 1.82) is 0 Å². The largest absolute Gasteiger partial charge is 0.497 e. The van der Waals surface area contributed by atoms with Crippen molar-refractivity contribution >= 4 is 39.0 Å². The van der Waals surface area contributed by atoms with Gasteiger partial charge in [0.15, 0.2) is 5.82 Å². The van der Waals surface area contributed by atoms with Crippen LogP contribution in [0.15, 0.2) is 35.1 Å². The van der Waals surface area contributed by atoms with Gasteiger partial charge in [0.05, 0.1) is 11.6 Å². The van der Waals surface area contributed by atoms with Crippen LogP contribution in [-0.4, -0.2) is 24.1 Å². The quantitative estimate of drug-likeness (QED) is 0.806. The Labute approximate surface area is 119 Å². The maximum atomic E-state index is 5.95. The number of ether oxygens (including phenoxy) is 1. The van der Waals surface area contributed by atoms with E-state index in [-0.39, 0.29) is 0 Å². The lowest BCUT2D eigenvalue weighted by atomic mass is 10.3. The first-order valence-corrected chi connectivity index (χ1v) is 6.34. The molecule has 2 aromatic rings. The Morgan fingerprint density at radius 2 is 2.11 bits per heavy atom. The van der Waals surface area contributed by atoms with Crippen LogP contribution in [0.4, 0.5) is 11.5 Å². The van der Waals surface area contributed by atoms with Crippen LogP contribution >= 0.6 is 27.5 Å². The fourth-order valence-electron chi connectivity index (χ4n) is 1.52. The number of aromatic nitrogens is 2. The molecule has 94 valence electrons. The van der Waals surface area contributed by atoms with Gasteiger partial charge < -0.3 is 9.64 Å². The third-order valence-electron chi connectivity index (χ3n) is 2.49. The van der Waals surface area contributed by atoms with Gasteiger partial charge in [-0.05, 0) is 28.1 Å². The van der Waals surface area contributed by atoms with E-state index < -0.39 is 0 Å². The highest BCUT2D eigenvalue weighted by Gasteiger charge is 2.13. The maximum absolute atomic E-state index is 5.95. The minimum Gasteiger partial charge on any atom is -0.497 e. The van der Waals surface area contributed by atoms with Crippen molar-refractivity contribution in [2.24, 2.45) is 0 Å². The van der Waals surface area contributed by atoms with Gasteiger partial charge in [0.1, 0.15) is 17.2 Å². The zero-order chi connectivity index (χ0) is 13.1. The fourth-order valence-corrected chi connectivity index (χ4v) is 2.11. The van der Waals surface area contributed by atoms with Crippen LogP contribution in [0.2, 0.25) is 5.15 Å². The lowest BCUT2D eigenvalue weighted by molar-refractivity contribution is 0.415. The first-order chi connectivity index (χ1) is 8.63. The number of hydrogen-bond donors (Lipinski definition) is 0. The second-order valence-electron chi connectivity index (χ2n) is 3.56. The topological polar surface area (TPSA) is 38.2 Å². The summed E-state index contributed by atoms with van der Waals surface area (Å²) < 4.78 is 5.86. The average molecular weight is 329 g/mol. The van der Waals surface area contributed by atoms with Crippen LogP contribution in [0, 0.1) is 0 Å². The number of hydrogen-bond acceptors (Lipinski definition) is 4. The molecule has 0 amide bonds. The molecule has 18 heavy (non-hydrogen) atoms. The smallest absolute Gasteiger partial charge is 0.152 e. The summed E-state index contributed by atoms with van der Waals surface area (Å²) in [6.07, 6.45) is 1.43. The summed E-state index contributed by atoms with van der Waals surface area (Å²) in [6.45, 7) is 0. The van der Waals surface area contributed by atoms with Gasteiger partial charge in [-0.15, -0.1) is 0 Å². The number of rotatable bonds is 3. The predicted molar refractivity (Wildman–Crippen MR) is 75.8 cm³/mol. The van der Waals surface area contributed by atoms with E-state index in [1.807, 2.05) is 36.2 Å². The molecule has 0 N–H and O–H groups in total. The minimum absolute atomic E-state index is 0.384. The molecule has 0 atom stereocenters. The molecular formula is C12H11BrClN3O. The van der Waals surface area contributed by atoms with Crippen molar-refractivity contribution in [2.75, 3.05) is 19.1 Å². The van der Waals surface area contributed by atoms with Gasteiger partial charge in [-0.3, -0.25) is 0 Å². The standard InChI is InChI=1S/C12H11BrClN3O/c1-17(8-4-3-5-9(6-8)18-2)12-10(13)11(14)15-7-16-12/h3-7H,1-2H3. The van der Waals surface area contributed by atoms with Crippen LogP contribution in [0.5, 0.6) is 5.75 Å². The molecule has 0 unspecified atom stereocenters. The molecule has 2 rings (SSSR count). The Bertz CT molecular complexity index is 565. The van der Waals surface area contributed by atoms with Gasteiger partial charge in [0.2, 0.25) is 0 Å². The van der Waals surface area contributed by atoms with E-state index in [0.29, 0.717) is 15.4 Å². The highest BCUT2D eigenvalue weighted by molar-refractivity contribution is 9.10. The van der Waals surface area contributed by atoms with Crippen molar-refractivity contribution in [3.8, 4) is 5.75 Å². The summed E-state index contributed by atoms with van der Waals surface area (Å²) in [6, 6.07) is 7.69. The molecule has 0 aliphatic heterocycles. The van der Waals surface area contributed by atoms with Gasteiger partial charge in [0.25, 0.3) is 0 Å². The van der Waals surface area contributed by atoms with E-state index >= 15 is 0 Å². The lowest BCUT2D eigenvalue weighted by Gasteiger charge is -2.20. The Hall–Kier alpha value is -1.33. The molecule has 0 fully saturated rings. The molecule has 0 spiro atoms. The third kappa shape index (κ3) is 2.57. The molecule has 0 bridgehead atoms. The summed E-state index contributed by atoms with van der Waals surface area (Å²) in [5.41, 5.74) is 0.949. The van der Waals surface area contributed by atoms with E-state index in [9.17, 15) is 0 Å². The summed E-state index contributed by atoms with van der Waals surface area (Å²) in [7, 11) is 3.54. The summed E-state index contributed by atoms with van der Waals surface area (Å²) in [4.78, 5) is 10.0. The summed E-state index contributed by atoms with van der Waals surface area (Å²) >= 11 is 9.34. The molecule has 6 heteroatoms. The maximum Gasteiger partial charge on any atom is 0.152 e. The monoisotopic (exact) mass is 327 g/mol. The number of methoxy groups -OCH3 is 1. The average Bonchev–Trinajstić information content (AvgIpc) is 2.41. The van der Waals surface area contributed by atoms with E-state index in [1.165, 1.54) is 6.33 Å². The normalized spacial score (nSPS) is 10.2. The summed E-state index contributed by atoms with van der Waals surface area (Å²) in [5, 5.41) is 0.384. The van der Waals surface area contributed by atoms with Crippen LogP contribution < -0.4 is 9.64 Å². The van der Waals surface area contributed by atoms with Crippen LogP contribution in [0.25, 0.3) is 0 Å². The number of nitrogens with zero attached hydrogens (tertiary/aromatic N) is 3. The first-order valence-electron chi connectivity index (χ1n) is 5.17. The van der Waals surface area contributed by atoms with Crippen LogP contribution in [0.1, 0.15) is 0 Å². The molecule has 1 aromatic carbocycles. The number of benzene rings is 1. The van der Waals surface area contributed by atoms with Crippen molar-refractivity contribution in [1.82, 2.24) is 9.97 Å². The SMILES string of the molecule is COc1cccc(N(C)c2ncnc(Cl)c2Br)c1. The Balaban J connectivity index is 2.41. The molecule has 0 saturated carbocycles. The highest BCUT2D eigenvalue weighted by atomic mass is 79.9. The number of anilines is 2. The van der Waals surface area contributed by atoms with Gasteiger partial charge in [0, 0.05) is 18.8 Å². The molecule has 0 radical (unpaired) electrons. The van der Waals surface area contributed by atoms with Gasteiger partial charge in [-0.1, -0.05) is 17.7 Å². The third-order valence-corrected chi connectivity index (χ3v) is 3.73. The fraction of sp³-hybridized carbons (Fsp3) is 0.167. The first kappa shape index (κ1) is 13.1. The van der Waals surface area contributed by atoms with Crippen LogP contribution in [-0.2, 0) is 0 Å². The van der Waals surface area contributed by atoms with Crippen molar-refractivity contribution in [3.05, 3.63) is 40.2 Å². The second-order valence-corrected chi connectivity index (χ2v) is 4.71. The van der Waals surface area contributed by atoms with Crippen molar-refractivity contribution in [2.45, 2.75) is 0 Å². The lowest BCUT2D eigenvalue weighted by Crippen LogP contribution is -2.12. The number of halogens is 2. The molecule has 0 aliphatic carbocycles. The van der Waals surface area contributed by atoms with Crippen molar-refractivity contribution in [3.63, 3.8) is 0 Å². The molecule has 0 saturated heterocycles. The molecule has 0 aliphatic rings. The molecular weight excluding hydrogens is 318 g/mol. The van der Waals surface area contributed by atoms with E-state index in [1.54, 1.807) is 7.11 Å². The van der Waals surface area contributed by atoms with E-state index in [0.717, 1.165) is 11.4 Å².